The van der Waals surface area contributed by atoms with Crippen LogP contribution in [0, 0.1) is 5.41 Å². The maximum atomic E-state index is 10.9. The van der Waals surface area contributed by atoms with Crippen molar-refractivity contribution in [1.29, 1.82) is 0 Å². The second kappa shape index (κ2) is 13.3. The zero-order chi connectivity index (χ0) is 30.7. The van der Waals surface area contributed by atoms with Gasteiger partial charge in [0.15, 0.2) is 23.2 Å². The van der Waals surface area contributed by atoms with Crippen molar-refractivity contribution in [3.8, 4) is 0 Å². The van der Waals surface area contributed by atoms with Crippen LogP contribution in [0.2, 0.25) is 0 Å². The Morgan fingerprint density at radius 2 is 1.64 bits per heavy atom. The molecule has 1 saturated heterocycles. The zero-order valence-electron chi connectivity index (χ0n) is 25.8. The number of rotatable bonds is 11. The summed E-state index contributed by atoms with van der Waals surface area (Å²) in [4.78, 5) is 14.5. The van der Waals surface area contributed by atoms with E-state index in [1.807, 2.05) is 12.1 Å². The molecule has 1 saturated carbocycles. The van der Waals surface area contributed by atoms with Gasteiger partial charge in [-0.3, -0.25) is 4.57 Å². The minimum atomic E-state index is -1.16. The van der Waals surface area contributed by atoms with E-state index in [4.69, 9.17) is 19.4 Å². The van der Waals surface area contributed by atoms with Gasteiger partial charge in [0.05, 0.1) is 19.5 Å². The van der Waals surface area contributed by atoms with E-state index < -0.39 is 24.5 Å². The van der Waals surface area contributed by atoms with E-state index >= 15 is 0 Å². The van der Waals surface area contributed by atoms with Gasteiger partial charge in [-0.25, -0.2) is 15.0 Å². The smallest absolute Gasteiger partial charge is 0.168 e. The van der Waals surface area contributed by atoms with Gasteiger partial charge in [0.2, 0.25) is 0 Å². The van der Waals surface area contributed by atoms with Gasteiger partial charge in [-0.2, -0.15) is 0 Å². The van der Waals surface area contributed by atoms with Crippen LogP contribution in [-0.4, -0.2) is 74.3 Å². The van der Waals surface area contributed by atoms with Crippen molar-refractivity contribution in [2.24, 2.45) is 5.41 Å². The molecule has 1 aliphatic heterocycles. The minimum absolute atomic E-state index is 0.0848. The third-order valence-electron chi connectivity index (χ3n) is 9.18. The van der Waals surface area contributed by atoms with Crippen LogP contribution in [0.15, 0.2) is 67.0 Å². The van der Waals surface area contributed by atoms with E-state index in [2.05, 4.69) is 78.0 Å². The van der Waals surface area contributed by atoms with E-state index in [1.165, 1.54) is 31.1 Å². The molecule has 0 radical (unpaired) electrons. The molecule has 4 atom stereocenters. The van der Waals surface area contributed by atoms with Gasteiger partial charge in [0.25, 0.3) is 0 Å². The molecule has 4 aromatic rings. The average Bonchev–Trinajstić information content (AvgIpc) is 3.58. The maximum absolute atomic E-state index is 10.9. The van der Waals surface area contributed by atoms with Crippen molar-refractivity contribution in [2.45, 2.75) is 82.6 Å². The highest BCUT2D eigenvalue weighted by atomic mass is 16.6. The highest BCUT2D eigenvalue weighted by Gasteiger charge is 2.44. The Balaban J connectivity index is 1.31. The highest BCUT2D eigenvalue weighted by Crippen LogP contribution is 2.36. The highest BCUT2D eigenvalue weighted by molar-refractivity contribution is 5.83. The number of aliphatic hydroxyl groups is 2. The van der Waals surface area contributed by atoms with Crippen LogP contribution in [0.5, 0.6) is 0 Å². The summed E-state index contributed by atoms with van der Waals surface area (Å²) in [7, 11) is 1.54. The summed E-state index contributed by atoms with van der Waals surface area (Å²) >= 11 is 0. The molecule has 0 amide bonds. The molecular formula is C34H44N6O4. The third-order valence-corrected chi connectivity index (χ3v) is 9.18. The molecule has 2 aromatic carbocycles. The largest absolute Gasteiger partial charge is 0.387 e. The molecule has 4 N–H and O–H groups in total. The lowest BCUT2D eigenvalue weighted by molar-refractivity contribution is -0.0580. The second-order valence-corrected chi connectivity index (χ2v) is 12.9. The Kier molecular flexibility index (Phi) is 9.25. The summed E-state index contributed by atoms with van der Waals surface area (Å²) in [6.07, 6.45) is 2.44. The molecule has 3 heterocycles. The Hall–Kier alpha value is -3.41. The number of hydrogen-bond acceptors (Lipinski definition) is 9. The number of benzene rings is 2. The zero-order valence-corrected chi connectivity index (χ0v) is 25.8. The molecule has 0 spiro atoms. The van der Waals surface area contributed by atoms with E-state index in [0.717, 1.165) is 12.8 Å². The van der Waals surface area contributed by atoms with Crippen LogP contribution < -0.4 is 10.6 Å². The fourth-order valence-corrected chi connectivity index (χ4v) is 6.45. The molecule has 2 aromatic heterocycles. The van der Waals surface area contributed by atoms with Crippen molar-refractivity contribution in [2.75, 3.05) is 25.6 Å². The van der Waals surface area contributed by atoms with Crippen molar-refractivity contribution >= 4 is 17.0 Å². The van der Waals surface area contributed by atoms with E-state index in [9.17, 15) is 10.2 Å². The van der Waals surface area contributed by atoms with Gasteiger partial charge in [-0.05, 0) is 42.2 Å². The van der Waals surface area contributed by atoms with Crippen LogP contribution in [0.4, 0.5) is 5.82 Å². The molecule has 6 rings (SSSR count). The lowest BCUT2D eigenvalue weighted by atomic mass is 9.75. The van der Waals surface area contributed by atoms with Gasteiger partial charge in [-0.15, -0.1) is 0 Å². The van der Waals surface area contributed by atoms with Crippen LogP contribution in [-0.2, 0) is 16.0 Å². The van der Waals surface area contributed by atoms with Gasteiger partial charge >= 0.3 is 0 Å². The number of anilines is 1. The van der Waals surface area contributed by atoms with Gasteiger partial charge < -0.3 is 30.3 Å². The fraction of sp³-hybridized carbons (Fsp3) is 0.500. The minimum Gasteiger partial charge on any atom is -0.387 e. The molecular weight excluding hydrogens is 556 g/mol. The number of imidazole rings is 1. The third kappa shape index (κ3) is 6.64. The van der Waals surface area contributed by atoms with Crippen molar-refractivity contribution in [3.05, 3.63) is 83.9 Å². The quantitative estimate of drug-likeness (QED) is 0.198. The lowest BCUT2D eigenvalue weighted by Crippen LogP contribution is -2.35. The summed E-state index contributed by atoms with van der Waals surface area (Å²) in [5.74, 6) is 1.33. The standard InChI is InChI=1S/C34H44N6O4/c1-34(2)16-14-24(15-17-34)35-19-27-38-31(36-18-25(22-10-6-4-7-11-22)23-12-8-5-9-13-23)28-32(39-27)40(21-37-28)33-30(42)29(41)26(44-33)20-43-3/h4-13,21,24-26,29-30,33,35,41-42H,14-20H2,1-3H3,(H,36,38,39)/t26-,29-,30-,33-/m1/s1. The first-order valence-electron chi connectivity index (χ1n) is 15.6. The number of hydrogen-bond donors (Lipinski definition) is 4. The molecule has 44 heavy (non-hydrogen) atoms. The predicted octanol–water partition coefficient (Wildman–Crippen LogP) is 4.39. The number of nitrogens with one attached hydrogen (secondary N) is 2. The second-order valence-electron chi connectivity index (χ2n) is 12.9. The predicted molar refractivity (Wildman–Crippen MR) is 169 cm³/mol. The monoisotopic (exact) mass is 600 g/mol. The Morgan fingerprint density at radius 1 is 0.977 bits per heavy atom. The Labute approximate surface area is 258 Å². The Bertz CT molecular complexity index is 1470. The van der Waals surface area contributed by atoms with Crippen LogP contribution in [0.1, 0.15) is 68.6 Å². The summed E-state index contributed by atoms with van der Waals surface area (Å²) < 4.78 is 12.9. The number of nitrogens with zero attached hydrogens (tertiary/aromatic N) is 4. The molecule has 1 aliphatic carbocycles. The topological polar surface area (TPSA) is 127 Å². The molecule has 10 heteroatoms. The summed E-state index contributed by atoms with van der Waals surface area (Å²) in [5.41, 5.74) is 3.90. The van der Waals surface area contributed by atoms with Crippen LogP contribution >= 0.6 is 0 Å². The Morgan fingerprint density at radius 3 is 2.27 bits per heavy atom. The summed E-state index contributed by atoms with van der Waals surface area (Å²) in [6, 6.07) is 21.3. The normalized spacial score (nSPS) is 23.9. The summed E-state index contributed by atoms with van der Waals surface area (Å²) in [5, 5.41) is 28.8. The molecule has 0 bridgehead atoms. The number of aliphatic hydroxyl groups excluding tert-OH is 2. The van der Waals surface area contributed by atoms with E-state index in [-0.39, 0.29) is 12.5 Å². The number of methoxy groups -OCH3 is 1. The van der Waals surface area contributed by atoms with E-state index in [1.54, 1.807) is 10.9 Å². The average molecular weight is 601 g/mol. The molecule has 2 fully saturated rings. The van der Waals surface area contributed by atoms with Gasteiger partial charge in [-0.1, -0.05) is 74.5 Å². The van der Waals surface area contributed by atoms with Crippen LogP contribution in [0.25, 0.3) is 11.2 Å². The fourth-order valence-electron chi connectivity index (χ4n) is 6.45. The first-order valence-corrected chi connectivity index (χ1v) is 15.6. The maximum Gasteiger partial charge on any atom is 0.168 e. The van der Waals surface area contributed by atoms with Crippen LogP contribution in [0.3, 0.4) is 0 Å². The van der Waals surface area contributed by atoms with Gasteiger partial charge in [0.1, 0.15) is 24.1 Å². The van der Waals surface area contributed by atoms with E-state index in [0.29, 0.717) is 47.4 Å². The first kappa shape index (κ1) is 30.6. The number of aromatic nitrogens is 4. The SMILES string of the molecule is COC[C@H]1O[C@@H](n2cnc3c(NCC(c4ccccc4)c4ccccc4)nc(CNC4CCC(C)(C)CC4)nc32)[C@H](O)[C@@H]1O. The summed E-state index contributed by atoms with van der Waals surface area (Å²) in [6.45, 7) is 5.94. The van der Waals surface area contributed by atoms with Crippen molar-refractivity contribution in [3.63, 3.8) is 0 Å². The molecule has 2 aliphatic rings. The van der Waals surface area contributed by atoms with Crippen molar-refractivity contribution in [1.82, 2.24) is 24.8 Å². The number of fused-ring (bicyclic) bond motifs is 1. The first-order chi connectivity index (χ1) is 21.3. The number of ether oxygens (including phenoxy) is 2. The van der Waals surface area contributed by atoms with Gasteiger partial charge in [0, 0.05) is 25.6 Å². The lowest BCUT2D eigenvalue weighted by Gasteiger charge is -2.34. The molecule has 234 valence electrons. The molecule has 10 nitrogen and oxygen atoms in total. The van der Waals surface area contributed by atoms with Crippen molar-refractivity contribution < 1.29 is 19.7 Å². The molecule has 0 unspecified atom stereocenters.